The second-order valence-corrected chi connectivity index (χ2v) is 11.9. The van der Waals surface area contributed by atoms with Crippen molar-refractivity contribution in [1.82, 2.24) is 4.90 Å². The molecule has 10 nitrogen and oxygen atoms in total. The highest BCUT2D eigenvalue weighted by molar-refractivity contribution is 6.31. The summed E-state index contributed by atoms with van der Waals surface area (Å²) >= 11 is 5.95. The van der Waals surface area contributed by atoms with E-state index in [4.69, 9.17) is 16.4 Å². The zero-order valence-corrected chi connectivity index (χ0v) is 25.1. The Labute approximate surface area is 263 Å². The van der Waals surface area contributed by atoms with Gasteiger partial charge >= 0.3 is 5.97 Å². The van der Waals surface area contributed by atoms with E-state index in [1.807, 2.05) is 13.0 Å². The van der Waals surface area contributed by atoms with Crippen LogP contribution in [0.1, 0.15) is 59.3 Å². The molecule has 3 aliphatic rings. The van der Waals surface area contributed by atoms with Crippen LogP contribution in [-0.4, -0.2) is 58.6 Å². The van der Waals surface area contributed by atoms with Crippen molar-refractivity contribution in [3.8, 4) is 0 Å². The molecule has 2 N–H and O–H groups in total. The standard InChI is InChI=1S/C33H30ClFN4O6/c1-18-12-14-38(28(40)16-18)26-7-3-4-22-21(26)13-15-39(30(22)31(41)36-20-10-8-19(9-11-20)33(43)44)32(42)27-17-25(37-45-27)23-5-2-6-24(34)29(23)35/h2-11,18,27,30H,12-17H2,1H3,(H,36,41)(H,43,44)/t18?,27-,30+/m1/s1. The molecule has 12 heteroatoms. The number of benzene rings is 3. The van der Waals surface area contributed by atoms with E-state index in [0.29, 0.717) is 30.6 Å². The van der Waals surface area contributed by atoms with E-state index in [9.17, 15) is 28.7 Å². The molecule has 0 saturated carbocycles. The number of piperidine rings is 1. The Morgan fingerprint density at radius 1 is 1.04 bits per heavy atom. The van der Waals surface area contributed by atoms with Gasteiger partial charge in [0.2, 0.25) is 12.0 Å². The summed E-state index contributed by atoms with van der Waals surface area (Å²) in [5.74, 6) is -2.50. The molecular weight excluding hydrogens is 603 g/mol. The third-order valence-electron chi connectivity index (χ3n) is 8.49. The van der Waals surface area contributed by atoms with Gasteiger partial charge in [0.1, 0.15) is 6.04 Å². The number of fused-ring (bicyclic) bond motifs is 1. The number of anilines is 2. The number of aromatic carboxylic acids is 1. The molecule has 45 heavy (non-hydrogen) atoms. The lowest BCUT2D eigenvalue weighted by molar-refractivity contribution is -0.148. The van der Waals surface area contributed by atoms with E-state index in [2.05, 4.69) is 10.5 Å². The van der Waals surface area contributed by atoms with Gasteiger partial charge in [-0.05, 0) is 72.4 Å². The van der Waals surface area contributed by atoms with Crippen molar-refractivity contribution >= 4 is 52.4 Å². The van der Waals surface area contributed by atoms with Crippen molar-refractivity contribution in [3.63, 3.8) is 0 Å². The van der Waals surface area contributed by atoms with Crippen LogP contribution in [0.2, 0.25) is 5.02 Å². The van der Waals surface area contributed by atoms with Crippen LogP contribution in [0.25, 0.3) is 0 Å². The highest BCUT2D eigenvalue weighted by Gasteiger charge is 2.43. The number of oxime groups is 1. The highest BCUT2D eigenvalue weighted by atomic mass is 35.5. The first-order valence-electron chi connectivity index (χ1n) is 14.7. The molecule has 3 aromatic rings. The third kappa shape index (κ3) is 5.87. The van der Waals surface area contributed by atoms with E-state index in [-0.39, 0.29) is 46.7 Å². The second-order valence-electron chi connectivity index (χ2n) is 11.5. The number of carbonyl (C=O) groups excluding carboxylic acids is 3. The smallest absolute Gasteiger partial charge is 0.335 e. The zero-order valence-electron chi connectivity index (χ0n) is 24.3. The summed E-state index contributed by atoms with van der Waals surface area (Å²) < 4.78 is 14.7. The molecule has 3 atom stereocenters. The van der Waals surface area contributed by atoms with Crippen LogP contribution in [-0.2, 0) is 25.6 Å². The number of hydrogen-bond donors (Lipinski definition) is 2. The Morgan fingerprint density at radius 3 is 2.53 bits per heavy atom. The Hall–Kier alpha value is -4.77. The first-order chi connectivity index (χ1) is 21.6. The number of carbonyl (C=O) groups is 4. The number of carboxylic acids is 1. The summed E-state index contributed by atoms with van der Waals surface area (Å²) in [4.78, 5) is 61.0. The number of carboxylic acid groups (broad SMARTS) is 1. The van der Waals surface area contributed by atoms with Crippen molar-refractivity contribution in [3.05, 3.63) is 93.8 Å². The monoisotopic (exact) mass is 632 g/mol. The zero-order chi connectivity index (χ0) is 31.8. The number of nitrogens with zero attached hydrogens (tertiary/aromatic N) is 3. The van der Waals surface area contributed by atoms with Crippen molar-refractivity contribution in [2.24, 2.45) is 11.1 Å². The fourth-order valence-electron chi connectivity index (χ4n) is 6.15. The van der Waals surface area contributed by atoms with Gasteiger partial charge in [0.25, 0.3) is 11.8 Å². The van der Waals surface area contributed by atoms with Crippen LogP contribution < -0.4 is 10.2 Å². The van der Waals surface area contributed by atoms with Gasteiger partial charge in [0, 0.05) is 42.9 Å². The molecule has 0 spiro atoms. The van der Waals surface area contributed by atoms with E-state index < -0.39 is 35.7 Å². The lowest BCUT2D eigenvalue weighted by Gasteiger charge is -2.39. The van der Waals surface area contributed by atoms with E-state index in [1.165, 1.54) is 41.3 Å². The minimum atomic E-state index is -1.10. The molecule has 232 valence electrons. The summed E-state index contributed by atoms with van der Waals surface area (Å²) in [5.41, 5.74) is 2.85. The highest BCUT2D eigenvalue weighted by Crippen LogP contribution is 2.39. The Morgan fingerprint density at radius 2 is 1.80 bits per heavy atom. The summed E-state index contributed by atoms with van der Waals surface area (Å²) in [6.07, 6.45) is 0.546. The third-order valence-corrected chi connectivity index (χ3v) is 8.79. The average molecular weight is 633 g/mol. The lowest BCUT2D eigenvalue weighted by Crippen LogP contribution is -2.49. The quantitative estimate of drug-likeness (QED) is 0.385. The number of amides is 3. The lowest BCUT2D eigenvalue weighted by atomic mass is 9.88. The first kappa shape index (κ1) is 30.3. The molecule has 0 radical (unpaired) electrons. The molecular formula is C33H30ClFN4O6. The molecule has 1 unspecified atom stereocenters. The summed E-state index contributed by atoms with van der Waals surface area (Å²) in [6, 6.07) is 14.5. The van der Waals surface area contributed by atoms with Crippen LogP contribution >= 0.6 is 11.6 Å². The second kappa shape index (κ2) is 12.3. The Balaban J connectivity index is 1.32. The largest absolute Gasteiger partial charge is 0.478 e. The normalized spacial score (nSPS) is 21.1. The van der Waals surface area contributed by atoms with Crippen LogP contribution in [0.15, 0.2) is 65.8 Å². The molecule has 6 rings (SSSR count). The van der Waals surface area contributed by atoms with Crippen molar-refractivity contribution in [2.45, 2.75) is 44.8 Å². The van der Waals surface area contributed by atoms with Gasteiger partial charge < -0.3 is 25.1 Å². The van der Waals surface area contributed by atoms with Gasteiger partial charge in [-0.2, -0.15) is 0 Å². The van der Waals surface area contributed by atoms with Gasteiger partial charge in [-0.25, -0.2) is 9.18 Å². The first-order valence-corrected chi connectivity index (χ1v) is 15.0. The SMILES string of the molecule is CC1CCN(c2cccc3c2CCN(C(=O)[C@H]2CC(c4cccc(Cl)c4F)=NO2)[C@@H]3C(=O)Nc2ccc(C(=O)O)cc2)C(=O)C1. The molecule has 0 aliphatic carbocycles. The van der Waals surface area contributed by atoms with E-state index in [0.717, 1.165) is 17.7 Å². The minimum absolute atomic E-state index is 0.0115. The molecule has 0 bridgehead atoms. The Kier molecular flexibility index (Phi) is 8.28. The van der Waals surface area contributed by atoms with Crippen LogP contribution in [0.5, 0.6) is 0 Å². The molecule has 3 heterocycles. The van der Waals surface area contributed by atoms with Crippen molar-refractivity contribution in [2.75, 3.05) is 23.3 Å². The molecule has 1 fully saturated rings. The number of halogens is 2. The molecule has 0 aromatic heterocycles. The molecule has 3 aromatic carbocycles. The maximum absolute atomic E-state index is 14.7. The van der Waals surface area contributed by atoms with Gasteiger partial charge in [-0.3, -0.25) is 14.4 Å². The van der Waals surface area contributed by atoms with Gasteiger partial charge in [0.05, 0.1) is 16.3 Å². The van der Waals surface area contributed by atoms with E-state index in [1.54, 1.807) is 23.1 Å². The predicted molar refractivity (Wildman–Crippen MR) is 165 cm³/mol. The molecule has 3 aliphatic heterocycles. The topological polar surface area (TPSA) is 129 Å². The summed E-state index contributed by atoms with van der Waals surface area (Å²) in [5, 5.41) is 16.0. The molecule has 3 amide bonds. The Bertz CT molecular complexity index is 1730. The number of rotatable bonds is 6. The maximum atomic E-state index is 14.7. The van der Waals surface area contributed by atoms with Crippen LogP contribution in [0, 0.1) is 11.7 Å². The van der Waals surface area contributed by atoms with Crippen LogP contribution in [0.4, 0.5) is 15.8 Å². The van der Waals surface area contributed by atoms with Gasteiger partial charge in [-0.1, -0.05) is 41.9 Å². The minimum Gasteiger partial charge on any atom is -0.478 e. The van der Waals surface area contributed by atoms with Crippen molar-refractivity contribution in [1.29, 1.82) is 0 Å². The number of nitrogens with one attached hydrogen (secondary N) is 1. The van der Waals surface area contributed by atoms with Crippen molar-refractivity contribution < 1.29 is 33.5 Å². The maximum Gasteiger partial charge on any atom is 0.335 e. The predicted octanol–water partition coefficient (Wildman–Crippen LogP) is 5.20. The summed E-state index contributed by atoms with van der Waals surface area (Å²) in [6.45, 7) is 2.75. The summed E-state index contributed by atoms with van der Waals surface area (Å²) in [7, 11) is 0. The van der Waals surface area contributed by atoms with Gasteiger partial charge in [-0.15, -0.1) is 0 Å². The fraction of sp³-hybridized carbons (Fsp3) is 0.303. The average Bonchev–Trinajstić information content (AvgIpc) is 3.51. The van der Waals surface area contributed by atoms with E-state index >= 15 is 0 Å². The van der Waals surface area contributed by atoms with Crippen LogP contribution in [0.3, 0.4) is 0 Å². The van der Waals surface area contributed by atoms with Gasteiger partial charge in [0.15, 0.2) is 5.82 Å². The fourth-order valence-corrected chi connectivity index (χ4v) is 6.32. The molecule has 1 saturated heterocycles. The number of hydrogen-bond acceptors (Lipinski definition) is 6.